The van der Waals surface area contributed by atoms with E-state index in [0.29, 0.717) is 0 Å². The molecule has 0 atom stereocenters. The van der Waals surface area contributed by atoms with E-state index in [4.69, 9.17) is 0 Å². The maximum Gasteiger partial charge on any atom is 0.0199 e. The predicted octanol–water partition coefficient (Wildman–Crippen LogP) is 3.93. The fourth-order valence-corrected chi connectivity index (χ4v) is 1.52. The lowest BCUT2D eigenvalue weighted by atomic mass is 10.0. The second-order valence-electron chi connectivity index (χ2n) is 3.43. The molecular weight excluding hydrogens is 180 g/mol. The lowest BCUT2D eigenvalue weighted by Crippen LogP contribution is -1.84. The average molecular weight is 193 g/mol. The molecule has 0 heteroatoms. The highest BCUT2D eigenvalue weighted by Gasteiger charge is 1.96. The molecule has 0 nitrogen and oxygen atoms in total. The van der Waals surface area contributed by atoms with Crippen LogP contribution in [-0.2, 0) is 0 Å². The highest BCUT2D eigenvalue weighted by atomic mass is 14.0. The van der Waals surface area contributed by atoms with Gasteiger partial charge in [-0.15, -0.1) is 0 Å². The fourth-order valence-electron chi connectivity index (χ4n) is 1.52. The molecule has 0 aliphatic heterocycles. The summed E-state index contributed by atoms with van der Waals surface area (Å²) in [7, 11) is 0. The van der Waals surface area contributed by atoms with Gasteiger partial charge in [0, 0.05) is 6.42 Å². The van der Waals surface area contributed by atoms with Crippen LogP contribution >= 0.6 is 0 Å². The number of benzene rings is 2. The van der Waals surface area contributed by atoms with Gasteiger partial charge in [-0.3, -0.25) is 0 Å². The molecule has 0 spiro atoms. The van der Waals surface area contributed by atoms with Crippen molar-refractivity contribution in [2.75, 3.05) is 0 Å². The van der Waals surface area contributed by atoms with Crippen LogP contribution < -0.4 is 0 Å². The molecule has 2 aromatic carbocycles. The smallest absolute Gasteiger partial charge is 0.0199 e. The third-order valence-electron chi connectivity index (χ3n) is 2.28. The summed E-state index contributed by atoms with van der Waals surface area (Å²) in [6, 6.07) is 18.6. The van der Waals surface area contributed by atoms with E-state index >= 15 is 0 Å². The van der Waals surface area contributed by atoms with Gasteiger partial charge in [0.05, 0.1) is 0 Å². The van der Waals surface area contributed by atoms with Crippen molar-refractivity contribution < 1.29 is 0 Å². The van der Waals surface area contributed by atoms with E-state index < -0.39 is 0 Å². The van der Waals surface area contributed by atoms with E-state index in [9.17, 15) is 0 Å². The molecule has 0 saturated heterocycles. The normalized spacial score (nSPS) is 9.87. The summed E-state index contributed by atoms with van der Waals surface area (Å²) in [5, 5.41) is 0. The van der Waals surface area contributed by atoms with Crippen LogP contribution in [0.25, 0.3) is 6.08 Å². The molecule has 0 bridgehead atoms. The predicted molar refractivity (Wildman–Crippen MR) is 65.5 cm³/mol. The van der Waals surface area contributed by atoms with Crippen LogP contribution in [0, 0.1) is 6.42 Å². The van der Waals surface area contributed by atoms with Crippen molar-refractivity contribution in [3.63, 3.8) is 0 Å². The van der Waals surface area contributed by atoms with Crippen molar-refractivity contribution in [2.24, 2.45) is 0 Å². The van der Waals surface area contributed by atoms with Gasteiger partial charge in [0.25, 0.3) is 0 Å². The zero-order valence-corrected chi connectivity index (χ0v) is 8.56. The Bertz CT molecular complexity index is 441. The van der Waals surface area contributed by atoms with Crippen LogP contribution in [0.1, 0.15) is 16.7 Å². The van der Waals surface area contributed by atoms with Crippen LogP contribution in [0.5, 0.6) is 0 Å². The standard InChI is InChI=1S/C15H13/c1-2-13-9-6-10-15(11-13)12-14-7-4-3-5-8-14/h2-12H,1H2. The molecule has 2 rings (SSSR count). The van der Waals surface area contributed by atoms with Crippen molar-refractivity contribution in [1.29, 1.82) is 0 Å². The maximum absolute atomic E-state index is 3.77. The monoisotopic (exact) mass is 193 g/mol. The lowest BCUT2D eigenvalue weighted by Gasteiger charge is -2.02. The molecule has 0 fully saturated rings. The molecule has 0 N–H and O–H groups in total. The maximum atomic E-state index is 3.77. The number of hydrogen-bond acceptors (Lipinski definition) is 0. The molecule has 0 amide bonds. The Labute approximate surface area is 90.9 Å². The second-order valence-corrected chi connectivity index (χ2v) is 3.43. The van der Waals surface area contributed by atoms with E-state index in [1.54, 1.807) is 0 Å². The number of hydrogen-bond donors (Lipinski definition) is 0. The van der Waals surface area contributed by atoms with Crippen molar-refractivity contribution in [2.45, 2.75) is 0 Å². The van der Waals surface area contributed by atoms with Gasteiger partial charge >= 0.3 is 0 Å². The summed E-state index contributed by atoms with van der Waals surface area (Å²) >= 11 is 0. The van der Waals surface area contributed by atoms with Crippen LogP contribution in [0.4, 0.5) is 0 Å². The van der Waals surface area contributed by atoms with Gasteiger partial charge in [-0.25, -0.2) is 0 Å². The zero-order chi connectivity index (χ0) is 10.5. The molecule has 0 saturated carbocycles. The number of rotatable bonds is 3. The Morgan fingerprint density at radius 1 is 0.733 bits per heavy atom. The molecule has 73 valence electrons. The average Bonchev–Trinajstić information content (AvgIpc) is 2.31. The minimum absolute atomic E-state index is 1.15. The summed E-state index contributed by atoms with van der Waals surface area (Å²) in [5.41, 5.74) is 3.58. The Morgan fingerprint density at radius 3 is 2.13 bits per heavy atom. The van der Waals surface area contributed by atoms with Crippen molar-refractivity contribution in [3.05, 3.63) is 84.3 Å². The van der Waals surface area contributed by atoms with Gasteiger partial charge in [-0.2, -0.15) is 0 Å². The van der Waals surface area contributed by atoms with E-state index in [-0.39, 0.29) is 0 Å². The van der Waals surface area contributed by atoms with Crippen LogP contribution in [0.3, 0.4) is 0 Å². The largest absolute Gasteiger partial charge is 0.0985 e. The van der Waals surface area contributed by atoms with Crippen LogP contribution in [-0.4, -0.2) is 0 Å². The molecule has 0 aliphatic rings. The molecule has 0 aromatic heterocycles. The van der Waals surface area contributed by atoms with E-state index in [0.717, 1.165) is 5.56 Å². The van der Waals surface area contributed by atoms with Crippen molar-refractivity contribution in [1.82, 2.24) is 0 Å². The summed E-state index contributed by atoms with van der Waals surface area (Å²) in [6.45, 7) is 3.77. The Morgan fingerprint density at radius 2 is 1.40 bits per heavy atom. The minimum atomic E-state index is 1.15. The van der Waals surface area contributed by atoms with E-state index in [1.807, 2.05) is 30.3 Å². The second kappa shape index (κ2) is 4.61. The van der Waals surface area contributed by atoms with Crippen molar-refractivity contribution in [3.8, 4) is 0 Å². The van der Waals surface area contributed by atoms with Gasteiger partial charge in [0.15, 0.2) is 0 Å². The highest BCUT2D eigenvalue weighted by molar-refractivity contribution is 5.50. The Balaban J connectivity index is 2.21. The fraction of sp³-hybridized carbons (Fsp3) is 0. The summed E-state index contributed by atoms with van der Waals surface area (Å²) in [6.07, 6.45) is 4.02. The molecule has 0 aliphatic carbocycles. The third-order valence-corrected chi connectivity index (χ3v) is 2.28. The van der Waals surface area contributed by atoms with Gasteiger partial charge in [0.1, 0.15) is 0 Å². The Kier molecular flexibility index (Phi) is 2.99. The summed E-state index contributed by atoms with van der Waals surface area (Å²) in [5.74, 6) is 0. The van der Waals surface area contributed by atoms with Gasteiger partial charge in [0.2, 0.25) is 0 Å². The first kappa shape index (κ1) is 9.72. The molecule has 15 heavy (non-hydrogen) atoms. The molecule has 1 radical (unpaired) electrons. The summed E-state index contributed by atoms with van der Waals surface area (Å²) in [4.78, 5) is 0. The van der Waals surface area contributed by atoms with E-state index in [1.165, 1.54) is 11.1 Å². The molecule has 2 aromatic rings. The first-order chi connectivity index (χ1) is 7.38. The Hall–Kier alpha value is -1.82. The van der Waals surface area contributed by atoms with Crippen molar-refractivity contribution >= 4 is 6.08 Å². The highest BCUT2D eigenvalue weighted by Crippen LogP contribution is 2.13. The topological polar surface area (TPSA) is 0 Å². The quantitative estimate of drug-likeness (QED) is 0.692. The third kappa shape index (κ3) is 2.57. The minimum Gasteiger partial charge on any atom is -0.0985 e. The molecule has 0 unspecified atom stereocenters. The lowest BCUT2D eigenvalue weighted by molar-refractivity contribution is 1.43. The van der Waals surface area contributed by atoms with Gasteiger partial charge in [-0.1, -0.05) is 67.3 Å². The van der Waals surface area contributed by atoms with Gasteiger partial charge in [-0.05, 0) is 16.7 Å². The van der Waals surface area contributed by atoms with Gasteiger partial charge < -0.3 is 0 Å². The SMILES string of the molecule is C=Cc1cccc([CH]c2ccccc2)c1. The van der Waals surface area contributed by atoms with Crippen LogP contribution in [0.15, 0.2) is 61.2 Å². The molecular formula is C15H13. The van der Waals surface area contributed by atoms with Crippen LogP contribution in [0.2, 0.25) is 0 Å². The van der Waals surface area contributed by atoms with E-state index in [2.05, 4.69) is 43.3 Å². The zero-order valence-electron chi connectivity index (χ0n) is 8.56. The molecule has 0 heterocycles. The summed E-state index contributed by atoms with van der Waals surface area (Å²) < 4.78 is 0. The first-order valence-corrected chi connectivity index (χ1v) is 5.01. The first-order valence-electron chi connectivity index (χ1n) is 5.01.